The molecule has 27 heavy (non-hydrogen) atoms. The van der Waals surface area contributed by atoms with Gasteiger partial charge in [-0.25, -0.2) is 4.68 Å². The lowest BCUT2D eigenvalue weighted by Gasteiger charge is -2.07. The van der Waals surface area contributed by atoms with Crippen molar-refractivity contribution in [3.63, 3.8) is 0 Å². The number of anilines is 1. The zero-order chi connectivity index (χ0) is 18.6. The molecule has 1 N–H and O–H groups in total. The number of aryl methyl sites for hydroxylation is 1. The second-order valence-corrected chi connectivity index (χ2v) is 6.35. The number of nitrogens with one attached hydrogen (secondary N) is 1. The quantitative estimate of drug-likeness (QED) is 0.555. The number of para-hydroxylation sites is 2. The van der Waals surface area contributed by atoms with Crippen LogP contribution in [0.5, 0.6) is 0 Å². The first-order valence-electron chi connectivity index (χ1n) is 8.80. The number of rotatable bonds is 4. The van der Waals surface area contributed by atoms with Crippen LogP contribution in [0.2, 0.25) is 0 Å². The summed E-state index contributed by atoms with van der Waals surface area (Å²) in [6.45, 7) is 2.05. The Morgan fingerprint density at radius 2 is 1.48 bits per heavy atom. The van der Waals surface area contributed by atoms with E-state index in [1.807, 2.05) is 83.5 Å². The van der Waals surface area contributed by atoms with Crippen LogP contribution >= 0.6 is 0 Å². The number of nitrogens with zero attached hydrogens (tertiary/aromatic N) is 2. The van der Waals surface area contributed by atoms with E-state index in [1.165, 1.54) is 5.56 Å². The van der Waals surface area contributed by atoms with E-state index in [1.54, 1.807) is 0 Å². The first kappa shape index (κ1) is 16.8. The molecule has 1 heterocycles. The van der Waals surface area contributed by atoms with Gasteiger partial charge in [0.15, 0.2) is 5.69 Å². The van der Waals surface area contributed by atoms with E-state index in [2.05, 4.69) is 29.5 Å². The minimum Gasteiger partial charge on any atom is -0.321 e. The van der Waals surface area contributed by atoms with Crippen molar-refractivity contribution in [3.8, 4) is 16.9 Å². The Balaban J connectivity index is 1.75. The van der Waals surface area contributed by atoms with Gasteiger partial charge in [-0.2, -0.15) is 5.10 Å². The van der Waals surface area contributed by atoms with Crippen molar-refractivity contribution in [2.75, 3.05) is 5.32 Å². The number of carbonyl (C=O) groups is 1. The Labute approximate surface area is 158 Å². The normalized spacial score (nSPS) is 10.6. The van der Waals surface area contributed by atoms with E-state index in [-0.39, 0.29) is 5.91 Å². The molecule has 0 saturated carbocycles. The zero-order valence-corrected chi connectivity index (χ0v) is 15.0. The maximum atomic E-state index is 12.7. The van der Waals surface area contributed by atoms with Crippen molar-refractivity contribution < 1.29 is 4.79 Å². The Morgan fingerprint density at radius 3 is 2.15 bits per heavy atom. The third kappa shape index (κ3) is 3.65. The lowest BCUT2D eigenvalue weighted by molar-refractivity contribution is 0.102. The monoisotopic (exact) mass is 353 g/mol. The number of benzene rings is 3. The fraction of sp³-hybridized carbons (Fsp3) is 0.0435. The predicted molar refractivity (Wildman–Crippen MR) is 108 cm³/mol. The summed E-state index contributed by atoms with van der Waals surface area (Å²) < 4.78 is 1.81. The highest BCUT2D eigenvalue weighted by molar-refractivity contribution is 6.03. The Kier molecular flexibility index (Phi) is 4.54. The summed E-state index contributed by atoms with van der Waals surface area (Å²) in [7, 11) is 0. The van der Waals surface area contributed by atoms with Gasteiger partial charge < -0.3 is 5.32 Å². The highest BCUT2D eigenvalue weighted by Crippen LogP contribution is 2.25. The number of hydrogen-bond donors (Lipinski definition) is 1. The molecular weight excluding hydrogens is 334 g/mol. The van der Waals surface area contributed by atoms with Gasteiger partial charge in [0, 0.05) is 11.3 Å². The number of aromatic nitrogens is 2. The highest BCUT2D eigenvalue weighted by Gasteiger charge is 2.17. The largest absolute Gasteiger partial charge is 0.321 e. The van der Waals surface area contributed by atoms with Gasteiger partial charge in [-0.1, -0.05) is 66.2 Å². The summed E-state index contributed by atoms with van der Waals surface area (Å²) in [4.78, 5) is 12.7. The molecule has 0 aliphatic heterocycles. The smallest absolute Gasteiger partial charge is 0.276 e. The SMILES string of the molecule is Cc1ccc(-c2cc(C(=O)Nc3ccccc3)nn2-c2ccccc2)cc1. The number of amides is 1. The van der Waals surface area contributed by atoms with Crippen LogP contribution in [0.4, 0.5) is 5.69 Å². The lowest BCUT2D eigenvalue weighted by Crippen LogP contribution is -2.13. The van der Waals surface area contributed by atoms with E-state index >= 15 is 0 Å². The van der Waals surface area contributed by atoms with Gasteiger partial charge in [0.2, 0.25) is 0 Å². The van der Waals surface area contributed by atoms with Gasteiger partial charge in [0.1, 0.15) is 0 Å². The molecule has 0 atom stereocenters. The molecule has 0 spiro atoms. The van der Waals surface area contributed by atoms with Crippen molar-refractivity contribution >= 4 is 11.6 Å². The topological polar surface area (TPSA) is 46.9 Å². The van der Waals surface area contributed by atoms with Gasteiger partial charge in [-0.05, 0) is 37.3 Å². The maximum absolute atomic E-state index is 12.7. The summed E-state index contributed by atoms with van der Waals surface area (Å²) in [5.41, 5.74) is 5.10. The lowest BCUT2D eigenvalue weighted by atomic mass is 10.1. The zero-order valence-electron chi connectivity index (χ0n) is 15.0. The Hall–Kier alpha value is -3.66. The summed E-state index contributed by atoms with van der Waals surface area (Å²) in [6, 6.07) is 29.3. The van der Waals surface area contributed by atoms with Crippen LogP contribution in [-0.4, -0.2) is 15.7 Å². The van der Waals surface area contributed by atoms with Gasteiger partial charge in [-0.15, -0.1) is 0 Å². The van der Waals surface area contributed by atoms with Gasteiger partial charge in [0.05, 0.1) is 11.4 Å². The van der Waals surface area contributed by atoms with Crippen LogP contribution < -0.4 is 5.32 Å². The van der Waals surface area contributed by atoms with E-state index in [4.69, 9.17) is 0 Å². The molecule has 0 aliphatic carbocycles. The summed E-state index contributed by atoms with van der Waals surface area (Å²) in [5, 5.41) is 7.48. The van der Waals surface area contributed by atoms with Crippen LogP contribution in [0, 0.1) is 6.92 Å². The number of hydrogen-bond acceptors (Lipinski definition) is 2. The molecule has 4 heteroatoms. The molecule has 3 aromatic carbocycles. The van der Waals surface area contributed by atoms with E-state index in [0.717, 1.165) is 22.6 Å². The first-order chi connectivity index (χ1) is 13.2. The first-order valence-corrected chi connectivity index (χ1v) is 8.80. The van der Waals surface area contributed by atoms with Gasteiger partial charge in [0.25, 0.3) is 5.91 Å². The van der Waals surface area contributed by atoms with Crippen molar-refractivity contribution in [2.24, 2.45) is 0 Å². The maximum Gasteiger partial charge on any atom is 0.276 e. The molecule has 4 rings (SSSR count). The van der Waals surface area contributed by atoms with Crippen LogP contribution in [-0.2, 0) is 0 Å². The van der Waals surface area contributed by atoms with Crippen LogP contribution in [0.25, 0.3) is 16.9 Å². The third-order valence-electron chi connectivity index (χ3n) is 4.32. The molecule has 0 unspecified atom stereocenters. The number of carbonyl (C=O) groups excluding carboxylic acids is 1. The summed E-state index contributed by atoms with van der Waals surface area (Å²) in [5.74, 6) is -0.232. The molecule has 0 saturated heterocycles. The molecule has 0 radical (unpaired) electrons. The molecule has 1 amide bonds. The van der Waals surface area contributed by atoms with Gasteiger partial charge in [-0.3, -0.25) is 4.79 Å². The van der Waals surface area contributed by atoms with Crippen LogP contribution in [0.1, 0.15) is 16.1 Å². The molecule has 4 aromatic rings. The molecule has 1 aromatic heterocycles. The third-order valence-corrected chi connectivity index (χ3v) is 4.32. The fourth-order valence-corrected chi connectivity index (χ4v) is 2.90. The summed E-state index contributed by atoms with van der Waals surface area (Å²) >= 11 is 0. The van der Waals surface area contributed by atoms with Gasteiger partial charge >= 0.3 is 0 Å². The van der Waals surface area contributed by atoms with Crippen molar-refractivity contribution in [1.82, 2.24) is 9.78 Å². The fourth-order valence-electron chi connectivity index (χ4n) is 2.90. The Bertz CT molecular complexity index is 1050. The highest BCUT2D eigenvalue weighted by atomic mass is 16.1. The average Bonchev–Trinajstić information content (AvgIpc) is 3.16. The standard InChI is InChI=1S/C23H19N3O/c1-17-12-14-18(15-13-17)22-16-21(23(27)24-19-8-4-2-5-9-19)25-26(22)20-10-6-3-7-11-20/h2-16H,1H3,(H,24,27). The molecular formula is C23H19N3O. The average molecular weight is 353 g/mol. The summed E-state index contributed by atoms with van der Waals surface area (Å²) in [6.07, 6.45) is 0. The van der Waals surface area contributed by atoms with Crippen molar-refractivity contribution in [1.29, 1.82) is 0 Å². The second-order valence-electron chi connectivity index (χ2n) is 6.35. The van der Waals surface area contributed by atoms with Crippen LogP contribution in [0.3, 0.4) is 0 Å². The molecule has 0 aliphatic rings. The van der Waals surface area contributed by atoms with E-state index < -0.39 is 0 Å². The predicted octanol–water partition coefficient (Wildman–Crippen LogP) is 5.10. The molecule has 0 fully saturated rings. The van der Waals surface area contributed by atoms with E-state index in [9.17, 15) is 4.79 Å². The van der Waals surface area contributed by atoms with Crippen LogP contribution in [0.15, 0.2) is 91.0 Å². The van der Waals surface area contributed by atoms with E-state index in [0.29, 0.717) is 5.69 Å². The Morgan fingerprint density at radius 1 is 0.852 bits per heavy atom. The van der Waals surface area contributed by atoms with Crippen molar-refractivity contribution in [3.05, 3.63) is 102 Å². The minimum atomic E-state index is -0.232. The molecule has 4 nitrogen and oxygen atoms in total. The second kappa shape index (κ2) is 7.30. The minimum absolute atomic E-state index is 0.232. The van der Waals surface area contributed by atoms with Crippen molar-refractivity contribution in [2.45, 2.75) is 6.92 Å². The molecule has 0 bridgehead atoms. The molecule has 132 valence electrons.